The molecule has 3 nitrogen and oxygen atoms in total. The molecule has 2 rings (SSSR count). The Morgan fingerprint density at radius 1 is 1.05 bits per heavy atom. The quantitative estimate of drug-likeness (QED) is 0.771. The molecule has 0 aromatic heterocycles. The van der Waals surface area contributed by atoms with Gasteiger partial charge < -0.3 is 15.5 Å². The number of aromatic hydroxyl groups is 2. The van der Waals surface area contributed by atoms with E-state index >= 15 is 0 Å². The zero-order valence-electron chi connectivity index (χ0n) is 11.0. The molecule has 0 aliphatic rings. The van der Waals surface area contributed by atoms with E-state index in [0.29, 0.717) is 12.5 Å². The summed E-state index contributed by atoms with van der Waals surface area (Å²) in [5.41, 5.74) is 2.09. The van der Waals surface area contributed by atoms with E-state index in [0.717, 1.165) is 12.1 Å². The summed E-state index contributed by atoms with van der Waals surface area (Å²) in [4.78, 5) is 0. The van der Waals surface area contributed by atoms with Gasteiger partial charge in [0, 0.05) is 24.7 Å². The molecule has 0 bridgehead atoms. The van der Waals surface area contributed by atoms with Crippen LogP contribution < -0.4 is 5.32 Å². The topological polar surface area (TPSA) is 52.5 Å². The second-order valence-electron chi connectivity index (χ2n) is 4.76. The number of hydrogen-bond donors (Lipinski definition) is 3. The number of benzene rings is 2. The Morgan fingerprint density at radius 3 is 2.47 bits per heavy atom. The predicted octanol–water partition coefficient (Wildman–Crippen LogP) is 2.99. The van der Waals surface area contributed by atoms with E-state index in [1.807, 2.05) is 18.2 Å². The minimum absolute atomic E-state index is 0.0823. The van der Waals surface area contributed by atoms with Gasteiger partial charge in [-0.25, -0.2) is 0 Å². The maximum absolute atomic E-state index is 9.67. The van der Waals surface area contributed by atoms with Crippen LogP contribution in [0.4, 0.5) is 0 Å². The molecule has 1 atom stereocenters. The standard InChI is InChI=1S/C16H19NO2/c1-12(13-5-3-2-4-6-13)10-17-11-14-7-8-15(18)9-16(14)19/h2-9,12,17-19H,10-11H2,1H3. The molecule has 0 heterocycles. The summed E-state index contributed by atoms with van der Waals surface area (Å²) in [7, 11) is 0. The Kier molecular flexibility index (Phi) is 4.42. The molecule has 0 aliphatic heterocycles. The first-order chi connectivity index (χ1) is 9.16. The maximum atomic E-state index is 9.67. The first-order valence-corrected chi connectivity index (χ1v) is 6.43. The average Bonchev–Trinajstić information content (AvgIpc) is 2.42. The van der Waals surface area contributed by atoms with Crippen molar-refractivity contribution < 1.29 is 10.2 Å². The fourth-order valence-corrected chi connectivity index (χ4v) is 2.02. The minimum atomic E-state index is 0.0823. The summed E-state index contributed by atoms with van der Waals surface area (Å²) in [5.74, 6) is 0.624. The van der Waals surface area contributed by atoms with Crippen molar-refractivity contribution in [2.75, 3.05) is 6.54 Å². The lowest BCUT2D eigenvalue weighted by Crippen LogP contribution is -2.19. The van der Waals surface area contributed by atoms with Crippen molar-refractivity contribution in [2.45, 2.75) is 19.4 Å². The molecular formula is C16H19NO2. The van der Waals surface area contributed by atoms with Crippen LogP contribution in [-0.2, 0) is 6.54 Å². The smallest absolute Gasteiger partial charge is 0.123 e. The van der Waals surface area contributed by atoms with Crippen LogP contribution in [-0.4, -0.2) is 16.8 Å². The van der Waals surface area contributed by atoms with Crippen molar-refractivity contribution in [1.82, 2.24) is 5.32 Å². The van der Waals surface area contributed by atoms with Crippen molar-refractivity contribution in [3.8, 4) is 11.5 Å². The Hall–Kier alpha value is -2.00. The average molecular weight is 257 g/mol. The molecule has 0 amide bonds. The lowest BCUT2D eigenvalue weighted by molar-refractivity contribution is 0.443. The molecule has 2 aromatic rings. The molecule has 2 aromatic carbocycles. The van der Waals surface area contributed by atoms with E-state index in [1.54, 1.807) is 12.1 Å². The van der Waals surface area contributed by atoms with Gasteiger partial charge in [-0.1, -0.05) is 43.3 Å². The fraction of sp³-hybridized carbons (Fsp3) is 0.250. The van der Waals surface area contributed by atoms with Gasteiger partial charge in [0.05, 0.1) is 0 Å². The summed E-state index contributed by atoms with van der Waals surface area (Å²) < 4.78 is 0. The first kappa shape index (κ1) is 13.4. The van der Waals surface area contributed by atoms with Crippen LogP contribution >= 0.6 is 0 Å². The molecule has 0 aliphatic carbocycles. The highest BCUT2D eigenvalue weighted by Crippen LogP contribution is 2.22. The van der Waals surface area contributed by atoms with Gasteiger partial charge in [-0.3, -0.25) is 0 Å². The van der Waals surface area contributed by atoms with Crippen molar-refractivity contribution in [3.05, 3.63) is 59.7 Å². The molecule has 0 saturated heterocycles. The van der Waals surface area contributed by atoms with Gasteiger partial charge in [0.15, 0.2) is 0 Å². The molecule has 0 radical (unpaired) electrons. The zero-order valence-corrected chi connectivity index (χ0v) is 11.0. The second-order valence-corrected chi connectivity index (χ2v) is 4.76. The number of rotatable bonds is 5. The van der Waals surface area contributed by atoms with E-state index in [-0.39, 0.29) is 11.5 Å². The Labute approximate surface area is 113 Å². The van der Waals surface area contributed by atoms with Crippen LogP contribution in [0.5, 0.6) is 11.5 Å². The summed E-state index contributed by atoms with van der Waals surface area (Å²) in [6, 6.07) is 15.0. The maximum Gasteiger partial charge on any atom is 0.123 e. The summed E-state index contributed by atoms with van der Waals surface area (Å²) in [5, 5.41) is 22.2. The van der Waals surface area contributed by atoms with Crippen LogP contribution in [0.1, 0.15) is 24.0 Å². The Bertz CT molecular complexity index is 526. The third-order valence-electron chi connectivity index (χ3n) is 3.20. The van der Waals surface area contributed by atoms with Crippen molar-refractivity contribution >= 4 is 0 Å². The minimum Gasteiger partial charge on any atom is -0.508 e. The third-order valence-corrected chi connectivity index (χ3v) is 3.20. The van der Waals surface area contributed by atoms with E-state index in [1.165, 1.54) is 11.6 Å². The number of phenols is 2. The molecule has 3 N–H and O–H groups in total. The van der Waals surface area contributed by atoms with Gasteiger partial charge in [-0.2, -0.15) is 0 Å². The second kappa shape index (κ2) is 6.25. The number of phenolic OH excluding ortho intramolecular Hbond substituents is 2. The highest BCUT2D eigenvalue weighted by Gasteiger charge is 2.06. The van der Waals surface area contributed by atoms with Crippen molar-refractivity contribution in [3.63, 3.8) is 0 Å². The first-order valence-electron chi connectivity index (χ1n) is 6.43. The SMILES string of the molecule is CC(CNCc1ccc(O)cc1O)c1ccccc1. The van der Waals surface area contributed by atoms with Gasteiger partial charge in [0.2, 0.25) is 0 Å². The molecular weight excluding hydrogens is 238 g/mol. The van der Waals surface area contributed by atoms with E-state index in [4.69, 9.17) is 0 Å². The summed E-state index contributed by atoms with van der Waals surface area (Å²) >= 11 is 0. The van der Waals surface area contributed by atoms with Gasteiger partial charge in [0.25, 0.3) is 0 Å². The normalized spacial score (nSPS) is 12.3. The largest absolute Gasteiger partial charge is 0.508 e. The van der Waals surface area contributed by atoms with Crippen molar-refractivity contribution in [1.29, 1.82) is 0 Å². The van der Waals surface area contributed by atoms with Crippen molar-refractivity contribution in [2.24, 2.45) is 0 Å². The van der Waals surface area contributed by atoms with Crippen LogP contribution in [0.15, 0.2) is 48.5 Å². The number of nitrogens with one attached hydrogen (secondary N) is 1. The van der Waals surface area contributed by atoms with Gasteiger partial charge in [0.1, 0.15) is 11.5 Å². The molecule has 3 heteroatoms. The zero-order chi connectivity index (χ0) is 13.7. The third kappa shape index (κ3) is 3.73. The fourth-order valence-electron chi connectivity index (χ4n) is 2.02. The molecule has 0 saturated carbocycles. The molecule has 0 spiro atoms. The van der Waals surface area contributed by atoms with Crippen LogP contribution in [0.3, 0.4) is 0 Å². The predicted molar refractivity (Wildman–Crippen MR) is 76.3 cm³/mol. The molecule has 1 unspecified atom stereocenters. The molecule has 100 valence electrons. The Morgan fingerprint density at radius 2 is 1.79 bits per heavy atom. The lowest BCUT2D eigenvalue weighted by atomic mass is 10.0. The van der Waals surface area contributed by atoms with E-state index < -0.39 is 0 Å². The number of hydrogen-bond acceptors (Lipinski definition) is 3. The summed E-state index contributed by atoms with van der Waals surface area (Å²) in [6.07, 6.45) is 0. The van der Waals surface area contributed by atoms with Gasteiger partial charge in [-0.15, -0.1) is 0 Å². The molecule has 0 fully saturated rings. The highest BCUT2D eigenvalue weighted by molar-refractivity contribution is 5.38. The van der Waals surface area contributed by atoms with Crippen LogP contribution in [0.25, 0.3) is 0 Å². The lowest BCUT2D eigenvalue weighted by Gasteiger charge is -2.13. The van der Waals surface area contributed by atoms with E-state index in [2.05, 4.69) is 24.4 Å². The summed E-state index contributed by atoms with van der Waals surface area (Å²) in [6.45, 7) is 3.59. The monoisotopic (exact) mass is 257 g/mol. The molecule has 19 heavy (non-hydrogen) atoms. The van der Waals surface area contributed by atoms with E-state index in [9.17, 15) is 10.2 Å². The van der Waals surface area contributed by atoms with Crippen LogP contribution in [0.2, 0.25) is 0 Å². The van der Waals surface area contributed by atoms with Gasteiger partial charge >= 0.3 is 0 Å². The van der Waals surface area contributed by atoms with Gasteiger partial charge in [-0.05, 0) is 17.5 Å². The van der Waals surface area contributed by atoms with Crippen LogP contribution in [0, 0.1) is 0 Å². The highest BCUT2D eigenvalue weighted by atomic mass is 16.3. The Balaban J connectivity index is 1.86.